The van der Waals surface area contributed by atoms with E-state index in [1.807, 2.05) is 0 Å². The average Bonchev–Trinajstić information content (AvgIpc) is 2.59. The Morgan fingerprint density at radius 1 is 1.47 bits per heavy atom. The van der Waals surface area contributed by atoms with E-state index in [0.717, 1.165) is 11.3 Å². The Morgan fingerprint density at radius 3 is 2.89 bits per heavy atom. The van der Waals surface area contributed by atoms with Crippen molar-refractivity contribution >= 4 is 43.6 Å². The molecule has 8 heteroatoms. The van der Waals surface area contributed by atoms with E-state index < -0.39 is 24.5 Å². The van der Waals surface area contributed by atoms with Crippen molar-refractivity contribution in [2.45, 2.75) is 12.3 Å². The molecule has 3 heterocycles. The molecule has 0 atom stereocenters. The SMILES string of the molecule is O=Cc1[nH]c(=O)c2sc(Br)c3c2c1CC(F)(F)CO3. The fourth-order valence-corrected chi connectivity index (χ4v) is 3.80. The van der Waals surface area contributed by atoms with Crippen LogP contribution in [-0.4, -0.2) is 23.8 Å². The lowest BCUT2D eigenvalue weighted by molar-refractivity contribution is -0.0373. The number of aromatic nitrogens is 1. The number of carbonyl (C=O) groups is 1. The third-order valence-electron chi connectivity index (χ3n) is 2.89. The molecule has 2 aromatic heterocycles. The Balaban J connectivity index is 2.47. The summed E-state index contributed by atoms with van der Waals surface area (Å²) in [6.45, 7) is -0.779. The predicted molar refractivity (Wildman–Crippen MR) is 69.7 cm³/mol. The van der Waals surface area contributed by atoms with Crippen molar-refractivity contribution in [2.75, 3.05) is 6.61 Å². The first kappa shape index (κ1) is 12.7. The van der Waals surface area contributed by atoms with E-state index in [2.05, 4.69) is 20.9 Å². The Labute approximate surface area is 117 Å². The highest BCUT2D eigenvalue weighted by Gasteiger charge is 2.37. The van der Waals surface area contributed by atoms with Crippen molar-refractivity contribution in [1.82, 2.24) is 4.98 Å². The van der Waals surface area contributed by atoms with E-state index in [1.54, 1.807) is 0 Å². The highest BCUT2D eigenvalue weighted by molar-refractivity contribution is 9.11. The molecular formula is C11H6BrF2NO3S. The van der Waals surface area contributed by atoms with Gasteiger partial charge in [-0.1, -0.05) is 0 Å². The minimum atomic E-state index is -3.08. The lowest BCUT2D eigenvalue weighted by Crippen LogP contribution is -2.27. The molecule has 0 radical (unpaired) electrons. The maximum absolute atomic E-state index is 13.6. The molecule has 2 aromatic rings. The van der Waals surface area contributed by atoms with Gasteiger partial charge in [0, 0.05) is 11.8 Å². The second kappa shape index (κ2) is 4.11. The van der Waals surface area contributed by atoms with Gasteiger partial charge in [0.25, 0.3) is 11.5 Å². The van der Waals surface area contributed by atoms with Crippen LogP contribution in [0.2, 0.25) is 0 Å². The van der Waals surface area contributed by atoms with Gasteiger partial charge in [0.1, 0.15) is 8.49 Å². The van der Waals surface area contributed by atoms with E-state index in [9.17, 15) is 18.4 Å². The number of aldehydes is 1. The van der Waals surface area contributed by atoms with Crippen molar-refractivity contribution < 1.29 is 18.3 Å². The van der Waals surface area contributed by atoms with Gasteiger partial charge < -0.3 is 9.72 Å². The first-order chi connectivity index (χ1) is 8.93. The van der Waals surface area contributed by atoms with Crippen LogP contribution in [0.3, 0.4) is 0 Å². The molecular weight excluding hydrogens is 344 g/mol. The predicted octanol–water partition coefficient (Wildman–Crippen LogP) is 2.73. The number of hydrogen-bond donors (Lipinski definition) is 1. The number of nitrogens with one attached hydrogen (secondary N) is 1. The number of thiophene rings is 1. The monoisotopic (exact) mass is 349 g/mol. The summed E-state index contributed by atoms with van der Waals surface area (Å²) in [6, 6.07) is 0. The van der Waals surface area contributed by atoms with Crippen molar-refractivity contribution in [3.63, 3.8) is 0 Å². The maximum atomic E-state index is 13.6. The second-order valence-electron chi connectivity index (χ2n) is 4.19. The summed E-state index contributed by atoms with van der Waals surface area (Å²) in [5, 5.41) is 0.305. The summed E-state index contributed by atoms with van der Waals surface area (Å²) in [5.74, 6) is -2.87. The van der Waals surface area contributed by atoms with Gasteiger partial charge in [-0.3, -0.25) is 9.59 Å². The van der Waals surface area contributed by atoms with Crippen LogP contribution in [-0.2, 0) is 6.42 Å². The van der Waals surface area contributed by atoms with E-state index in [1.165, 1.54) is 0 Å². The van der Waals surface area contributed by atoms with E-state index >= 15 is 0 Å². The standard InChI is InChI=1S/C11H6BrF2NO3S/c12-9-7-6-4(1-11(13,14)3-18-7)5(2-16)15-10(17)8(6)19-9/h2H,1,3H2,(H,15,17). The molecule has 1 aliphatic heterocycles. The number of carbonyl (C=O) groups excluding carboxylic acids is 1. The number of rotatable bonds is 1. The molecule has 0 bridgehead atoms. The fraction of sp³-hybridized carbons (Fsp3) is 0.273. The smallest absolute Gasteiger partial charge is 0.285 e. The number of alkyl halides is 2. The van der Waals surface area contributed by atoms with Crippen LogP contribution in [0.1, 0.15) is 16.1 Å². The summed E-state index contributed by atoms with van der Waals surface area (Å²) >= 11 is 4.30. The molecule has 19 heavy (non-hydrogen) atoms. The Kier molecular flexibility index (Phi) is 2.75. The summed E-state index contributed by atoms with van der Waals surface area (Å²) < 4.78 is 33.1. The molecule has 0 saturated heterocycles. The second-order valence-corrected chi connectivity index (χ2v) is 6.53. The number of hydrogen-bond acceptors (Lipinski definition) is 4. The van der Waals surface area contributed by atoms with Gasteiger partial charge in [-0.2, -0.15) is 0 Å². The van der Waals surface area contributed by atoms with Gasteiger partial charge in [0.05, 0.1) is 5.69 Å². The van der Waals surface area contributed by atoms with Gasteiger partial charge in [0.15, 0.2) is 18.6 Å². The van der Waals surface area contributed by atoms with Crippen LogP contribution in [0.4, 0.5) is 8.78 Å². The quantitative estimate of drug-likeness (QED) is 0.805. The first-order valence-electron chi connectivity index (χ1n) is 5.26. The molecule has 0 aromatic carbocycles. The number of H-pyrrole nitrogens is 1. The molecule has 0 amide bonds. The number of ether oxygens (including phenoxy) is 1. The van der Waals surface area contributed by atoms with Crippen LogP contribution in [0, 0.1) is 0 Å². The summed E-state index contributed by atoms with van der Waals surface area (Å²) in [7, 11) is 0. The zero-order chi connectivity index (χ0) is 13.8. The van der Waals surface area contributed by atoms with E-state index in [0.29, 0.717) is 15.5 Å². The summed E-state index contributed by atoms with van der Waals surface area (Å²) in [5.41, 5.74) is -0.468. The number of halogens is 3. The zero-order valence-electron chi connectivity index (χ0n) is 9.26. The highest BCUT2D eigenvalue weighted by atomic mass is 79.9. The van der Waals surface area contributed by atoms with Crippen LogP contribution < -0.4 is 10.3 Å². The third-order valence-corrected chi connectivity index (χ3v) is 4.69. The van der Waals surface area contributed by atoms with Crippen LogP contribution in [0.25, 0.3) is 10.1 Å². The van der Waals surface area contributed by atoms with Crippen LogP contribution in [0.5, 0.6) is 5.75 Å². The highest BCUT2D eigenvalue weighted by Crippen LogP contribution is 2.45. The zero-order valence-corrected chi connectivity index (χ0v) is 11.7. The average molecular weight is 350 g/mol. The fourth-order valence-electron chi connectivity index (χ4n) is 2.11. The van der Waals surface area contributed by atoms with Gasteiger partial charge >= 0.3 is 0 Å². The maximum Gasteiger partial charge on any atom is 0.285 e. The molecule has 0 saturated carbocycles. The van der Waals surface area contributed by atoms with E-state index in [4.69, 9.17) is 4.74 Å². The first-order valence-corrected chi connectivity index (χ1v) is 6.87. The molecule has 0 spiro atoms. The van der Waals surface area contributed by atoms with Crippen molar-refractivity contribution in [2.24, 2.45) is 0 Å². The van der Waals surface area contributed by atoms with Gasteiger partial charge in [-0.25, -0.2) is 8.78 Å². The van der Waals surface area contributed by atoms with Crippen LogP contribution >= 0.6 is 27.3 Å². The summed E-state index contributed by atoms with van der Waals surface area (Å²) in [4.78, 5) is 25.1. The molecule has 0 fully saturated rings. The van der Waals surface area contributed by atoms with Crippen molar-refractivity contribution in [1.29, 1.82) is 0 Å². The van der Waals surface area contributed by atoms with Crippen molar-refractivity contribution in [3.05, 3.63) is 25.4 Å². The molecule has 0 unspecified atom stereocenters. The summed E-state index contributed by atoms with van der Waals surface area (Å²) in [6.07, 6.45) is -0.253. The van der Waals surface area contributed by atoms with Crippen LogP contribution in [0.15, 0.2) is 8.58 Å². The Hall–Kier alpha value is -1.28. The largest absolute Gasteiger partial charge is 0.485 e. The number of aromatic amines is 1. The van der Waals surface area contributed by atoms with Gasteiger partial charge in [-0.05, 0) is 21.5 Å². The lowest BCUT2D eigenvalue weighted by Gasteiger charge is -2.13. The molecule has 4 nitrogen and oxygen atoms in total. The van der Waals surface area contributed by atoms with E-state index in [-0.39, 0.29) is 21.7 Å². The Morgan fingerprint density at radius 2 is 2.21 bits per heavy atom. The van der Waals surface area contributed by atoms with Crippen molar-refractivity contribution in [3.8, 4) is 5.75 Å². The van der Waals surface area contributed by atoms with Gasteiger partial charge in [0.2, 0.25) is 0 Å². The third kappa shape index (κ3) is 1.90. The molecule has 1 N–H and O–H groups in total. The normalized spacial score (nSPS) is 17.0. The lowest BCUT2D eigenvalue weighted by atomic mass is 10.0. The van der Waals surface area contributed by atoms with Gasteiger partial charge in [-0.15, -0.1) is 11.3 Å². The molecule has 0 aliphatic carbocycles. The number of pyridine rings is 1. The molecule has 1 aliphatic rings. The Bertz CT molecular complexity index is 752. The molecule has 100 valence electrons. The minimum absolute atomic E-state index is 0.116. The minimum Gasteiger partial charge on any atom is -0.485 e. The molecule has 3 rings (SSSR count). The topological polar surface area (TPSA) is 59.2 Å².